The molecule has 0 radical (unpaired) electrons. The Balaban J connectivity index is 1.98. The Labute approximate surface area is 129 Å². The van der Waals surface area contributed by atoms with E-state index >= 15 is 0 Å². The molecule has 0 unspecified atom stereocenters. The molecule has 0 bridgehead atoms. The third kappa shape index (κ3) is 4.58. The molecule has 0 aliphatic carbocycles. The maximum Gasteiger partial charge on any atom is 0.416 e. The molecule has 2 rings (SSSR count). The van der Waals surface area contributed by atoms with E-state index in [4.69, 9.17) is 0 Å². The third-order valence-electron chi connectivity index (χ3n) is 3.62. The summed E-state index contributed by atoms with van der Waals surface area (Å²) in [5.74, 6) is 0. The van der Waals surface area contributed by atoms with Gasteiger partial charge in [0, 0.05) is 11.9 Å². The van der Waals surface area contributed by atoms with Crippen LogP contribution in [0.1, 0.15) is 42.1 Å². The van der Waals surface area contributed by atoms with E-state index in [0.29, 0.717) is 18.4 Å². The van der Waals surface area contributed by atoms with Gasteiger partial charge in [-0.3, -0.25) is 4.98 Å². The molecule has 1 nitrogen and oxygen atoms in total. The minimum Gasteiger partial charge on any atom is -0.261 e. The molecular weight excluding hydrogens is 287 g/mol. The predicted molar refractivity (Wildman–Crippen MR) is 81.7 cm³/mol. The van der Waals surface area contributed by atoms with Gasteiger partial charge in [0.25, 0.3) is 0 Å². The average molecular weight is 307 g/mol. The highest BCUT2D eigenvalue weighted by atomic mass is 19.4. The molecule has 0 aliphatic heterocycles. The zero-order valence-corrected chi connectivity index (χ0v) is 12.7. The number of aromatic nitrogens is 1. The second kappa shape index (κ2) is 7.43. The summed E-state index contributed by atoms with van der Waals surface area (Å²) in [6.07, 6.45) is 1.38. The van der Waals surface area contributed by atoms with Gasteiger partial charge in [-0.15, -0.1) is 0 Å². The molecular formula is C18H20F3N. The van der Waals surface area contributed by atoms with Crippen LogP contribution < -0.4 is 0 Å². The van der Waals surface area contributed by atoms with Crippen LogP contribution in [-0.4, -0.2) is 4.98 Å². The maximum absolute atomic E-state index is 12.9. The van der Waals surface area contributed by atoms with Gasteiger partial charge in [-0.2, -0.15) is 13.2 Å². The average Bonchev–Trinajstić information content (AvgIpc) is 2.47. The Hall–Kier alpha value is -1.84. The van der Waals surface area contributed by atoms with Crippen molar-refractivity contribution in [3.05, 3.63) is 65.0 Å². The van der Waals surface area contributed by atoms with Crippen molar-refractivity contribution in [2.45, 2.75) is 45.2 Å². The standard InChI is InChI=1S/C18H20F3N/c1-2-6-16-13-14(11-12-22-16)7-5-9-15-8-3-4-10-17(15)18(19,20)21/h3-4,8,10-13H,2,5-7,9H2,1H3. The summed E-state index contributed by atoms with van der Waals surface area (Å²) >= 11 is 0. The van der Waals surface area contributed by atoms with Crippen molar-refractivity contribution in [1.29, 1.82) is 0 Å². The summed E-state index contributed by atoms with van der Waals surface area (Å²) in [5, 5.41) is 0. The van der Waals surface area contributed by atoms with Gasteiger partial charge in [-0.1, -0.05) is 31.5 Å². The number of rotatable bonds is 6. The first-order valence-corrected chi connectivity index (χ1v) is 7.59. The van der Waals surface area contributed by atoms with Gasteiger partial charge in [0.2, 0.25) is 0 Å². The van der Waals surface area contributed by atoms with Crippen LogP contribution in [0.2, 0.25) is 0 Å². The van der Waals surface area contributed by atoms with E-state index < -0.39 is 11.7 Å². The smallest absolute Gasteiger partial charge is 0.261 e. The fourth-order valence-corrected chi connectivity index (χ4v) is 2.57. The van der Waals surface area contributed by atoms with Gasteiger partial charge in [0.1, 0.15) is 0 Å². The van der Waals surface area contributed by atoms with Crippen molar-refractivity contribution in [2.24, 2.45) is 0 Å². The summed E-state index contributed by atoms with van der Waals surface area (Å²) in [5.41, 5.74) is 2.05. The number of pyridine rings is 1. The predicted octanol–water partition coefficient (Wildman–Crippen LogP) is 5.23. The summed E-state index contributed by atoms with van der Waals surface area (Å²) in [7, 11) is 0. The van der Waals surface area contributed by atoms with Crippen LogP contribution in [0.3, 0.4) is 0 Å². The van der Waals surface area contributed by atoms with Crippen molar-refractivity contribution in [1.82, 2.24) is 4.98 Å². The van der Waals surface area contributed by atoms with Crippen molar-refractivity contribution >= 4 is 0 Å². The van der Waals surface area contributed by atoms with Crippen LogP contribution in [0.25, 0.3) is 0 Å². The van der Waals surface area contributed by atoms with Crippen molar-refractivity contribution < 1.29 is 13.2 Å². The molecule has 0 spiro atoms. The largest absolute Gasteiger partial charge is 0.416 e. The normalized spacial score (nSPS) is 11.6. The minimum absolute atomic E-state index is 0.373. The molecule has 1 heterocycles. The van der Waals surface area contributed by atoms with E-state index in [-0.39, 0.29) is 0 Å². The molecule has 0 N–H and O–H groups in total. The van der Waals surface area contributed by atoms with Gasteiger partial charge in [-0.05, 0) is 55.0 Å². The number of alkyl halides is 3. The van der Waals surface area contributed by atoms with Crippen LogP contribution in [-0.2, 0) is 25.4 Å². The van der Waals surface area contributed by atoms with E-state index in [1.165, 1.54) is 6.07 Å². The second-order valence-corrected chi connectivity index (χ2v) is 5.41. The summed E-state index contributed by atoms with van der Waals surface area (Å²) in [6, 6.07) is 9.82. The Kier molecular flexibility index (Phi) is 5.58. The lowest BCUT2D eigenvalue weighted by atomic mass is 9.99. The lowest BCUT2D eigenvalue weighted by molar-refractivity contribution is -0.138. The van der Waals surface area contributed by atoms with Crippen LogP contribution in [0.4, 0.5) is 13.2 Å². The van der Waals surface area contributed by atoms with Crippen molar-refractivity contribution in [3.63, 3.8) is 0 Å². The molecule has 0 fully saturated rings. The van der Waals surface area contributed by atoms with Crippen molar-refractivity contribution in [2.75, 3.05) is 0 Å². The maximum atomic E-state index is 12.9. The quantitative estimate of drug-likeness (QED) is 0.712. The van der Waals surface area contributed by atoms with Crippen LogP contribution in [0, 0.1) is 0 Å². The molecule has 1 aromatic carbocycles. The van der Waals surface area contributed by atoms with Crippen LogP contribution in [0.15, 0.2) is 42.6 Å². The fraction of sp³-hybridized carbons (Fsp3) is 0.389. The Morgan fingerprint density at radius 1 is 1.00 bits per heavy atom. The zero-order chi connectivity index (χ0) is 16.0. The van der Waals surface area contributed by atoms with E-state index in [2.05, 4.69) is 18.0 Å². The van der Waals surface area contributed by atoms with Gasteiger partial charge in [-0.25, -0.2) is 0 Å². The molecule has 0 atom stereocenters. The lowest BCUT2D eigenvalue weighted by Crippen LogP contribution is -2.09. The number of nitrogens with zero attached hydrogens (tertiary/aromatic N) is 1. The Morgan fingerprint density at radius 2 is 1.77 bits per heavy atom. The molecule has 0 saturated heterocycles. The van der Waals surface area contributed by atoms with Crippen molar-refractivity contribution in [3.8, 4) is 0 Å². The molecule has 0 aliphatic rings. The van der Waals surface area contributed by atoms with E-state index in [0.717, 1.165) is 36.6 Å². The number of halogens is 3. The Bertz CT molecular complexity index is 605. The van der Waals surface area contributed by atoms with Gasteiger partial charge < -0.3 is 0 Å². The van der Waals surface area contributed by atoms with Crippen LogP contribution >= 0.6 is 0 Å². The minimum atomic E-state index is -4.28. The lowest BCUT2D eigenvalue weighted by Gasteiger charge is -2.12. The number of benzene rings is 1. The first kappa shape index (κ1) is 16.5. The molecule has 22 heavy (non-hydrogen) atoms. The SMILES string of the molecule is CCCc1cc(CCCc2ccccc2C(F)(F)F)ccn1. The third-order valence-corrected chi connectivity index (χ3v) is 3.62. The Morgan fingerprint density at radius 3 is 2.50 bits per heavy atom. The number of hydrogen-bond donors (Lipinski definition) is 0. The van der Waals surface area contributed by atoms with E-state index in [1.54, 1.807) is 18.3 Å². The highest BCUT2D eigenvalue weighted by molar-refractivity contribution is 5.30. The highest BCUT2D eigenvalue weighted by Crippen LogP contribution is 2.32. The molecule has 118 valence electrons. The van der Waals surface area contributed by atoms with Gasteiger partial charge in [0.05, 0.1) is 5.56 Å². The van der Waals surface area contributed by atoms with Gasteiger partial charge >= 0.3 is 6.18 Å². The highest BCUT2D eigenvalue weighted by Gasteiger charge is 2.32. The summed E-state index contributed by atoms with van der Waals surface area (Å²) in [6.45, 7) is 2.10. The van der Waals surface area contributed by atoms with Gasteiger partial charge in [0.15, 0.2) is 0 Å². The summed E-state index contributed by atoms with van der Waals surface area (Å²) < 4.78 is 38.8. The van der Waals surface area contributed by atoms with E-state index in [1.807, 2.05) is 6.07 Å². The zero-order valence-electron chi connectivity index (χ0n) is 12.7. The topological polar surface area (TPSA) is 12.9 Å². The number of aryl methyl sites for hydroxylation is 3. The first-order valence-electron chi connectivity index (χ1n) is 7.59. The molecule has 0 saturated carbocycles. The molecule has 4 heteroatoms. The first-order chi connectivity index (χ1) is 10.5. The molecule has 2 aromatic rings. The molecule has 1 aromatic heterocycles. The fourth-order valence-electron chi connectivity index (χ4n) is 2.57. The molecule has 0 amide bonds. The van der Waals surface area contributed by atoms with E-state index in [9.17, 15) is 13.2 Å². The number of hydrogen-bond acceptors (Lipinski definition) is 1. The second-order valence-electron chi connectivity index (χ2n) is 5.41. The monoisotopic (exact) mass is 307 g/mol. The van der Waals surface area contributed by atoms with Crippen LogP contribution in [0.5, 0.6) is 0 Å². The summed E-state index contributed by atoms with van der Waals surface area (Å²) in [4.78, 5) is 4.29.